The van der Waals surface area contributed by atoms with Gasteiger partial charge in [-0.15, -0.1) is 6.42 Å². The molecule has 2 rings (SSSR count). The number of sulfonamides is 1. The van der Waals surface area contributed by atoms with Crippen molar-refractivity contribution in [3.05, 3.63) is 54.1 Å². The molecule has 0 heterocycles. The lowest BCUT2D eigenvalue weighted by atomic mass is 10.2. The number of rotatable bonds is 8. The third-order valence-electron chi connectivity index (χ3n) is 3.94. The van der Waals surface area contributed by atoms with Crippen LogP contribution in [-0.4, -0.2) is 38.3 Å². The van der Waals surface area contributed by atoms with Crippen LogP contribution in [0.25, 0.3) is 0 Å². The molecule has 2 aromatic carbocycles. The average molecular weight is 385 g/mol. The fraction of sp³-hybridized carbons (Fsp3) is 0.250. The first-order valence-electron chi connectivity index (χ1n) is 8.61. The summed E-state index contributed by atoms with van der Waals surface area (Å²) in [5, 5.41) is 5.69. The molecule has 0 aliphatic carbocycles. The zero-order chi connectivity index (χ0) is 19.9. The van der Waals surface area contributed by atoms with E-state index >= 15 is 0 Å². The molecule has 6 nitrogen and oxygen atoms in total. The highest BCUT2D eigenvalue weighted by Crippen LogP contribution is 2.19. The summed E-state index contributed by atoms with van der Waals surface area (Å²) in [6, 6.07) is 13.4. The van der Waals surface area contributed by atoms with Crippen molar-refractivity contribution in [2.24, 2.45) is 0 Å². The van der Waals surface area contributed by atoms with Crippen LogP contribution in [0.2, 0.25) is 0 Å². The maximum atomic E-state index is 12.6. The third kappa shape index (κ3) is 5.33. The minimum atomic E-state index is -3.57. The monoisotopic (exact) mass is 385 g/mol. The predicted molar refractivity (Wildman–Crippen MR) is 108 cm³/mol. The van der Waals surface area contributed by atoms with Gasteiger partial charge in [0.2, 0.25) is 15.9 Å². The molecule has 142 valence electrons. The Bertz CT molecular complexity index is 945. The summed E-state index contributed by atoms with van der Waals surface area (Å²) in [6.45, 7) is 4.37. The van der Waals surface area contributed by atoms with Gasteiger partial charge >= 0.3 is 0 Å². The second-order valence-electron chi connectivity index (χ2n) is 5.74. The number of carbonyl (C=O) groups excluding carboxylic acids is 1. The maximum absolute atomic E-state index is 12.6. The summed E-state index contributed by atoms with van der Waals surface area (Å²) in [6.07, 6.45) is 5.36. The molecule has 7 heteroatoms. The summed E-state index contributed by atoms with van der Waals surface area (Å²) in [7, 11) is -3.57. The smallest absolute Gasteiger partial charge is 0.243 e. The number of hydrogen-bond donors (Lipinski definition) is 2. The first-order valence-corrected chi connectivity index (χ1v) is 10.0. The molecule has 0 unspecified atom stereocenters. The standard InChI is InChI=1S/C20H23N3O3S/c1-4-16-9-7-10-17(13-16)21-15-20(24)22-18-11-8-12-19(14-18)27(25,26)23(5-2)6-3/h1,7-14,21H,5-6,15H2,2-3H3,(H,22,24). The van der Waals surface area contributed by atoms with Crippen LogP contribution in [0, 0.1) is 12.3 Å². The largest absolute Gasteiger partial charge is 0.376 e. The number of terminal acetylenes is 1. The molecule has 0 radical (unpaired) electrons. The zero-order valence-electron chi connectivity index (χ0n) is 15.4. The fourth-order valence-electron chi connectivity index (χ4n) is 2.55. The number of nitrogens with one attached hydrogen (secondary N) is 2. The van der Waals surface area contributed by atoms with Gasteiger partial charge in [0, 0.05) is 30.0 Å². The molecule has 0 spiro atoms. The van der Waals surface area contributed by atoms with Crippen molar-refractivity contribution in [1.82, 2.24) is 4.31 Å². The van der Waals surface area contributed by atoms with Crippen LogP contribution in [0.1, 0.15) is 19.4 Å². The first-order chi connectivity index (χ1) is 12.9. The second-order valence-corrected chi connectivity index (χ2v) is 7.68. The van der Waals surface area contributed by atoms with Crippen molar-refractivity contribution in [1.29, 1.82) is 0 Å². The van der Waals surface area contributed by atoms with E-state index in [2.05, 4.69) is 16.6 Å². The van der Waals surface area contributed by atoms with Crippen molar-refractivity contribution in [2.45, 2.75) is 18.7 Å². The number of benzene rings is 2. The molecule has 1 amide bonds. The summed E-state index contributed by atoms with van der Waals surface area (Å²) in [5.74, 6) is 2.24. The summed E-state index contributed by atoms with van der Waals surface area (Å²) < 4.78 is 26.5. The number of hydrogen-bond acceptors (Lipinski definition) is 4. The minimum Gasteiger partial charge on any atom is -0.376 e. The highest BCUT2D eigenvalue weighted by molar-refractivity contribution is 7.89. The SMILES string of the molecule is C#Cc1cccc(NCC(=O)Nc2cccc(S(=O)(=O)N(CC)CC)c2)c1. The minimum absolute atomic E-state index is 0.0288. The van der Waals surface area contributed by atoms with Crippen LogP contribution in [0.5, 0.6) is 0 Å². The number of amides is 1. The molecule has 0 aliphatic rings. The van der Waals surface area contributed by atoms with Gasteiger partial charge in [0.15, 0.2) is 0 Å². The van der Waals surface area contributed by atoms with Crippen LogP contribution in [-0.2, 0) is 14.8 Å². The Hall–Kier alpha value is -2.82. The van der Waals surface area contributed by atoms with Crippen LogP contribution in [0.3, 0.4) is 0 Å². The zero-order valence-corrected chi connectivity index (χ0v) is 16.2. The average Bonchev–Trinajstić information content (AvgIpc) is 2.67. The fourth-order valence-corrected chi connectivity index (χ4v) is 4.06. The molecule has 0 saturated heterocycles. The maximum Gasteiger partial charge on any atom is 0.243 e. The summed E-state index contributed by atoms with van der Waals surface area (Å²) in [5.41, 5.74) is 1.88. The molecular weight excluding hydrogens is 362 g/mol. The van der Waals surface area contributed by atoms with Gasteiger partial charge in [-0.3, -0.25) is 4.79 Å². The van der Waals surface area contributed by atoms with Gasteiger partial charge in [-0.2, -0.15) is 4.31 Å². The summed E-state index contributed by atoms with van der Waals surface area (Å²) >= 11 is 0. The van der Waals surface area contributed by atoms with Gasteiger partial charge in [0.25, 0.3) is 0 Å². The second kappa shape index (κ2) is 9.21. The van der Waals surface area contributed by atoms with E-state index in [1.54, 1.807) is 44.2 Å². The first kappa shape index (κ1) is 20.5. The highest BCUT2D eigenvalue weighted by atomic mass is 32.2. The van der Waals surface area contributed by atoms with E-state index in [1.165, 1.54) is 16.4 Å². The Labute approximate surface area is 160 Å². The van der Waals surface area contributed by atoms with Crippen molar-refractivity contribution < 1.29 is 13.2 Å². The molecule has 0 fully saturated rings. The third-order valence-corrected chi connectivity index (χ3v) is 5.99. The number of anilines is 2. The molecule has 0 saturated carbocycles. The molecule has 27 heavy (non-hydrogen) atoms. The van der Waals surface area contributed by atoms with Gasteiger partial charge in [-0.25, -0.2) is 8.42 Å². The molecule has 2 N–H and O–H groups in total. The van der Waals surface area contributed by atoms with Gasteiger partial charge in [-0.05, 0) is 36.4 Å². The number of carbonyl (C=O) groups is 1. The van der Waals surface area contributed by atoms with Gasteiger partial charge in [0.1, 0.15) is 0 Å². The predicted octanol–water partition coefficient (Wildman–Crippen LogP) is 2.75. The van der Waals surface area contributed by atoms with Crippen molar-refractivity contribution in [3.8, 4) is 12.3 Å². The molecule has 2 aromatic rings. The Kier molecular flexibility index (Phi) is 6.99. The van der Waals surface area contributed by atoms with Crippen LogP contribution in [0.15, 0.2) is 53.4 Å². The highest BCUT2D eigenvalue weighted by Gasteiger charge is 2.21. The Balaban J connectivity index is 2.05. The van der Waals surface area contributed by atoms with Crippen molar-refractivity contribution >= 4 is 27.3 Å². The summed E-state index contributed by atoms with van der Waals surface area (Å²) in [4.78, 5) is 12.3. The van der Waals surface area contributed by atoms with Gasteiger partial charge in [0.05, 0.1) is 11.4 Å². The van der Waals surface area contributed by atoms with E-state index in [0.717, 1.165) is 11.3 Å². The lowest BCUT2D eigenvalue weighted by Gasteiger charge is -2.19. The molecule has 0 atom stereocenters. The lowest BCUT2D eigenvalue weighted by Crippen LogP contribution is -2.30. The van der Waals surface area contributed by atoms with E-state index in [1.807, 2.05) is 6.07 Å². The molecule has 0 aromatic heterocycles. The van der Waals surface area contributed by atoms with E-state index < -0.39 is 10.0 Å². The Morgan fingerprint density at radius 1 is 1.07 bits per heavy atom. The van der Waals surface area contributed by atoms with Crippen molar-refractivity contribution in [2.75, 3.05) is 30.3 Å². The van der Waals surface area contributed by atoms with Crippen LogP contribution in [0.4, 0.5) is 11.4 Å². The molecule has 0 aliphatic heterocycles. The van der Waals surface area contributed by atoms with Gasteiger partial charge in [-0.1, -0.05) is 31.9 Å². The lowest BCUT2D eigenvalue weighted by molar-refractivity contribution is -0.114. The number of nitrogens with zero attached hydrogens (tertiary/aromatic N) is 1. The molecular formula is C20H23N3O3S. The van der Waals surface area contributed by atoms with E-state index in [-0.39, 0.29) is 17.3 Å². The van der Waals surface area contributed by atoms with E-state index in [0.29, 0.717) is 18.8 Å². The van der Waals surface area contributed by atoms with E-state index in [4.69, 9.17) is 6.42 Å². The Morgan fingerprint density at radius 2 is 1.74 bits per heavy atom. The quantitative estimate of drug-likeness (QED) is 0.685. The van der Waals surface area contributed by atoms with Crippen LogP contribution >= 0.6 is 0 Å². The topological polar surface area (TPSA) is 78.5 Å². The van der Waals surface area contributed by atoms with Gasteiger partial charge < -0.3 is 10.6 Å². The molecule has 0 bridgehead atoms. The normalized spacial score (nSPS) is 11.0. The van der Waals surface area contributed by atoms with Crippen LogP contribution < -0.4 is 10.6 Å². The van der Waals surface area contributed by atoms with E-state index in [9.17, 15) is 13.2 Å². The van der Waals surface area contributed by atoms with Crippen molar-refractivity contribution in [3.63, 3.8) is 0 Å². The Morgan fingerprint density at radius 3 is 2.41 bits per heavy atom.